The maximum absolute atomic E-state index is 13.4. The van der Waals surface area contributed by atoms with Gasteiger partial charge < -0.3 is 20.9 Å². The molecule has 0 bridgehead atoms. The Kier molecular flexibility index (Phi) is 8.61. The van der Waals surface area contributed by atoms with Crippen LogP contribution in [-0.2, 0) is 0 Å². The Morgan fingerprint density at radius 3 is 1.88 bits per heavy atom. The number of anilines is 2. The summed E-state index contributed by atoms with van der Waals surface area (Å²) >= 11 is 0. The third-order valence-electron chi connectivity index (χ3n) is 8.01. The summed E-state index contributed by atoms with van der Waals surface area (Å²) in [4.78, 5) is 34.6. The van der Waals surface area contributed by atoms with E-state index in [0.717, 1.165) is 45.0 Å². The first-order valence-corrected chi connectivity index (χ1v) is 14.6. The molecule has 2 fully saturated rings. The van der Waals surface area contributed by atoms with Crippen LogP contribution in [0.2, 0.25) is 0 Å². The molecule has 0 atom stereocenters. The summed E-state index contributed by atoms with van der Waals surface area (Å²) < 4.78 is 0. The predicted molar refractivity (Wildman–Crippen MR) is 166 cm³/mol. The third-order valence-corrected chi connectivity index (χ3v) is 8.01. The van der Waals surface area contributed by atoms with Gasteiger partial charge in [0.25, 0.3) is 5.91 Å². The zero-order valence-electron chi connectivity index (χ0n) is 24.4. The second kappa shape index (κ2) is 12.3. The number of amides is 3. The van der Waals surface area contributed by atoms with E-state index in [4.69, 9.17) is 5.73 Å². The lowest BCUT2D eigenvalue weighted by Gasteiger charge is -2.43. The van der Waals surface area contributed by atoms with Gasteiger partial charge in [0.2, 0.25) is 0 Å². The van der Waals surface area contributed by atoms with E-state index in [1.54, 1.807) is 4.90 Å². The number of hydrogen-bond acceptors (Lipinski definition) is 5. The fourth-order valence-corrected chi connectivity index (χ4v) is 6.07. The molecular formula is C33H42N6O2. The van der Waals surface area contributed by atoms with Gasteiger partial charge in [-0.25, -0.2) is 4.79 Å². The Morgan fingerprint density at radius 2 is 1.37 bits per heavy atom. The summed E-state index contributed by atoms with van der Waals surface area (Å²) in [5.41, 5.74) is 10.1. The first kappa shape index (κ1) is 28.6. The van der Waals surface area contributed by atoms with Gasteiger partial charge in [-0.3, -0.25) is 14.6 Å². The van der Waals surface area contributed by atoms with E-state index in [0.29, 0.717) is 24.3 Å². The highest BCUT2D eigenvalue weighted by Gasteiger charge is 2.33. The van der Waals surface area contributed by atoms with Crippen molar-refractivity contribution in [2.24, 2.45) is 5.73 Å². The zero-order valence-corrected chi connectivity index (χ0v) is 24.4. The summed E-state index contributed by atoms with van der Waals surface area (Å²) in [6.45, 7) is 12.1. The van der Waals surface area contributed by atoms with Gasteiger partial charge in [-0.1, -0.05) is 60.7 Å². The average molecular weight is 555 g/mol. The Hall–Kier alpha value is -3.88. The van der Waals surface area contributed by atoms with Crippen LogP contribution >= 0.6 is 0 Å². The number of hydrogen-bond donors (Lipinski definition) is 2. The van der Waals surface area contributed by atoms with E-state index in [9.17, 15) is 9.59 Å². The molecule has 216 valence electrons. The van der Waals surface area contributed by atoms with Crippen LogP contribution in [0, 0.1) is 0 Å². The van der Waals surface area contributed by atoms with E-state index >= 15 is 0 Å². The Balaban J connectivity index is 1.44. The molecule has 0 aromatic heterocycles. The normalized spacial score (nSPS) is 16.6. The van der Waals surface area contributed by atoms with Crippen LogP contribution < -0.4 is 20.9 Å². The second-order valence-corrected chi connectivity index (χ2v) is 11.8. The quantitative estimate of drug-likeness (QED) is 0.474. The van der Waals surface area contributed by atoms with E-state index in [1.807, 2.05) is 43.9 Å². The maximum Gasteiger partial charge on any atom is 0.319 e. The van der Waals surface area contributed by atoms with Crippen LogP contribution in [0.4, 0.5) is 16.2 Å². The molecule has 3 amide bonds. The Labute approximate surface area is 243 Å². The Bertz CT molecular complexity index is 1290. The maximum atomic E-state index is 13.4. The van der Waals surface area contributed by atoms with Crippen molar-refractivity contribution in [2.75, 3.05) is 62.2 Å². The minimum Gasteiger partial charge on any atom is -0.367 e. The number of nitrogens with two attached hydrogens (primary N) is 1. The lowest BCUT2D eigenvalue weighted by atomic mass is 9.96. The molecule has 0 saturated carbocycles. The number of benzene rings is 3. The molecule has 8 nitrogen and oxygen atoms in total. The summed E-state index contributed by atoms with van der Waals surface area (Å²) in [6.07, 6.45) is 0. The molecule has 0 aliphatic carbocycles. The average Bonchev–Trinajstić information content (AvgIpc) is 2.98. The van der Waals surface area contributed by atoms with Gasteiger partial charge in [0, 0.05) is 63.5 Å². The minimum atomic E-state index is -0.565. The van der Waals surface area contributed by atoms with E-state index in [1.165, 1.54) is 11.1 Å². The van der Waals surface area contributed by atoms with Gasteiger partial charge in [-0.05, 0) is 50.1 Å². The van der Waals surface area contributed by atoms with E-state index < -0.39 is 11.6 Å². The molecule has 3 N–H and O–H groups in total. The fraction of sp³-hybridized carbons (Fsp3) is 0.394. The number of rotatable bonds is 6. The number of urea groups is 1. The highest BCUT2D eigenvalue weighted by Crippen LogP contribution is 2.37. The van der Waals surface area contributed by atoms with Gasteiger partial charge in [0.05, 0.1) is 17.4 Å². The van der Waals surface area contributed by atoms with E-state index in [-0.39, 0.29) is 11.9 Å². The molecule has 2 aliphatic rings. The van der Waals surface area contributed by atoms with E-state index in [2.05, 4.69) is 75.8 Å². The zero-order chi connectivity index (χ0) is 29.0. The van der Waals surface area contributed by atoms with Crippen molar-refractivity contribution in [2.45, 2.75) is 32.4 Å². The third kappa shape index (κ3) is 6.39. The lowest BCUT2D eigenvalue weighted by Crippen LogP contribution is -2.51. The fourth-order valence-electron chi connectivity index (χ4n) is 6.07. The molecule has 0 radical (unpaired) electrons. The number of nitrogens with one attached hydrogen (secondary N) is 1. The predicted octanol–water partition coefficient (Wildman–Crippen LogP) is 4.33. The molecule has 5 rings (SSSR count). The summed E-state index contributed by atoms with van der Waals surface area (Å²) in [5, 5.41) is 3.30. The van der Waals surface area contributed by atoms with Gasteiger partial charge in [0.1, 0.15) is 0 Å². The van der Waals surface area contributed by atoms with Crippen LogP contribution in [0.3, 0.4) is 0 Å². The van der Waals surface area contributed by atoms with Crippen LogP contribution in [0.25, 0.3) is 0 Å². The molecule has 8 heteroatoms. The van der Waals surface area contributed by atoms with Crippen LogP contribution in [-0.4, -0.2) is 79.6 Å². The highest BCUT2D eigenvalue weighted by molar-refractivity contribution is 6.01. The van der Waals surface area contributed by atoms with Gasteiger partial charge in [-0.15, -0.1) is 0 Å². The molecule has 2 heterocycles. The van der Waals surface area contributed by atoms with Gasteiger partial charge in [0.15, 0.2) is 0 Å². The number of carbonyl (C=O) groups is 2. The number of primary amides is 1. The number of nitrogens with zero attached hydrogens (tertiary/aromatic N) is 4. The van der Waals surface area contributed by atoms with Crippen molar-refractivity contribution in [3.05, 3.63) is 95.6 Å². The van der Waals surface area contributed by atoms with Crippen molar-refractivity contribution in [3.63, 3.8) is 0 Å². The smallest absolute Gasteiger partial charge is 0.319 e. The number of carbonyl (C=O) groups excluding carboxylic acids is 2. The summed E-state index contributed by atoms with van der Waals surface area (Å²) in [7, 11) is 0. The molecule has 0 unspecified atom stereocenters. The molecule has 3 aromatic carbocycles. The minimum absolute atomic E-state index is 0.0176. The Morgan fingerprint density at radius 1 is 0.805 bits per heavy atom. The second-order valence-electron chi connectivity index (χ2n) is 11.8. The van der Waals surface area contributed by atoms with Crippen molar-refractivity contribution < 1.29 is 9.59 Å². The molecule has 3 aromatic rings. The molecular weight excluding hydrogens is 512 g/mol. The first-order valence-electron chi connectivity index (χ1n) is 14.6. The van der Waals surface area contributed by atoms with Crippen LogP contribution in [0.15, 0.2) is 78.9 Å². The monoisotopic (exact) mass is 554 g/mol. The molecule has 2 saturated heterocycles. The highest BCUT2D eigenvalue weighted by atomic mass is 16.2. The van der Waals surface area contributed by atoms with Crippen molar-refractivity contribution in [1.29, 1.82) is 0 Å². The molecule has 41 heavy (non-hydrogen) atoms. The largest absolute Gasteiger partial charge is 0.367 e. The van der Waals surface area contributed by atoms with Crippen molar-refractivity contribution in [1.82, 2.24) is 15.1 Å². The molecule has 2 aliphatic heterocycles. The van der Waals surface area contributed by atoms with Crippen LogP contribution in [0.1, 0.15) is 48.3 Å². The first-order chi connectivity index (χ1) is 19.7. The standard InChI is InChI=1S/C33H42N6O2/c1-33(2,3)39(32(34)41)29-24-27(31(40)38-18-16-35-17-19-38)14-15-28(29)36-20-22-37(23-21-36)30(25-10-6-4-7-11-25)26-12-8-5-9-13-26/h4-15,24,30,35H,16-23H2,1-3H3,(H2,34,41). The van der Waals surface area contributed by atoms with Crippen LogP contribution in [0.5, 0.6) is 0 Å². The summed E-state index contributed by atoms with van der Waals surface area (Å²) in [5.74, 6) is -0.0176. The molecule has 0 spiro atoms. The van der Waals surface area contributed by atoms with Gasteiger partial charge in [-0.2, -0.15) is 0 Å². The van der Waals surface area contributed by atoms with Gasteiger partial charge >= 0.3 is 6.03 Å². The number of piperazine rings is 2. The lowest BCUT2D eigenvalue weighted by molar-refractivity contribution is 0.0735. The SMILES string of the molecule is CC(C)(C)N(C(N)=O)c1cc(C(=O)N2CCNCC2)ccc1N1CCN(C(c2ccccc2)c2ccccc2)CC1. The van der Waals surface area contributed by atoms with Crippen molar-refractivity contribution >= 4 is 23.3 Å². The summed E-state index contributed by atoms with van der Waals surface area (Å²) in [6, 6.07) is 26.7. The van der Waals surface area contributed by atoms with Crippen molar-refractivity contribution in [3.8, 4) is 0 Å². The topological polar surface area (TPSA) is 85.1 Å².